The molecule has 0 aliphatic heterocycles. The Labute approximate surface area is 150 Å². The zero-order valence-corrected chi connectivity index (χ0v) is 14.6. The number of aliphatic hydroxyl groups excluding tert-OH is 1. The van der Waals surface area contributed by atoms with Crippen LogP contribution in [0.2, 0.25) is 10.0 Å². The molecule has 0 spiro atoms. The number of nitrogens with one attached hydrogen (secondary N) is 1. The summed E-state index contributed by atoms with van der Waals surface area (Å²) >= 11 is 12.3. The molecule has 2 rings (SSSR count). The molecule has 0 unspecified atom stereocenters. The molecule has 0 amide bonds. The molecule has 0 bridgehead atoms. The third-order valence-electron chi connectivity index (χ3n) is 3.17. The van der Waals surface area contributed by atoms with Gasteiger partial charge in [-0.05, 0) is 24.3 Å². The third-order valence-corrected chi connectivity index (χ3v) is 3.88. The topological polar surface area (TPSA) is 63.1 Å². The van der Waals surface area contributed by atoms with Gasteiger partial charge in [0.05, 0.1) is 26.5 Å². The van der Waals surface area contributed by atoms with Crippen LogP contribution in [0.25, 0.3) is 0 Å². The molecule has 128 valence electrons. The lowest BCUT2D eigenvalue weighted by Crippen LogP contribution is -2.11. The summed E-state index contributed by atoms with van der Waals surface area (Å²) in [4.78, 5) is 0. The molecule has 0 fully saturated rings. The van der Waals surface area contributed by atoms with E-state index in [1.54, 1.807) is 37.6 Å². The van der Waals surface area contributed by atoms with Crippen molar-refractivity contribution in [2.75, 3.05) is 20.3 Å². The number of rotatable bonds is 8. The van der Waals surface area contributed by atoms with E-state index < -0.39 is 0 Å². The fourth-order valence-corrected chi connectivity index (χ4v) is 2.50. The van der Waals surface area contributed by atoms with Gasteiger partial charge in [0.1, 0.15) is 6.61 Å². The molecule has 2 aromatic rings. The predicted octanol–water partition coefficient (Wildman–Crippen LogP) is 3.50. The first-order valence-corrected chi connectivity index (χ1v) is 8.02. The van der Waals surface area contributed by atoms with E-state index in [-0.39, 0.29) is 13.2 Å². The van der Waals surface area contributed by atoms with Crippen LogP contribution in [0.1, 0.15) is 11.1 Å². The second-order valence-corrected chi connectivity index (χ2v) is 5.57. The quantitative estimate of drug-likeness (QED) is 0.425. The Hall–Kier alpha value is -1.95. The highest BCUT2D eigenvalue weighted by atomic mass is 35.5. The Bertz CT molecular complexity index is 688. The van der Waals surface area contributed by atoms with Crippen LogP contribution in [0.5, 0.6) is 11.5 Å². The number of hydrogen-bond acceptors (Lipinski definition) is 5. The van der Waals surface area contributed by atoms with Crippen molar-refractivity contribution < 1.29 is 14.6 Å². The fraction of sp³-hybridized carbons (Fsp3) is 0.235. The van der Waals surface area contributed by atoms with Gasteiger partial charge in [-0.1, -0.05) is 35.3 Å². The summed E-state index contributed by atoms with van der Waals surface area (Å²) in [5.74, 6) is 1.11. The number of ether oxygens (including phenoxy) is 2. The SMILES string of the molecule is COc1cccc(C=NNCCO)c1OCc1c(Cl)cccc1Cl. The smallest absolute Gasteiger partial charge is 0.170 e. The van der Waals surface area contributed by atoms with E-state index in [1.165, 1.54) is 0 Å². The molecule has 0 aromatic heterocycles. The van der Waals surface area contributed by atoms with Gasteiger partial charge in [-0.2, -0.15) is 5.10 Å². The normalized spacial score (nSPS) is 10.8. The number of hydrazone groups is 1. The number of hydrogen-bond donors (Lipinski definition) is 2. The van der Waals surface area contributed by atoms with E-state index >= 15 is 0 Å². The number of para-hydroxylation sites is 1. The van der Waals surface area contributed by atoms with E-state index in [0.717, 1.165) is 5.56 Å². The maximum absolute atomic E-state index is 8.76. The van der Waals surface area contributed by atoms with Crippen molar-refractivity contribution in [2.24, 2.45) is 5.10 Å². The van der Waals surface area contributed by atoms with Crippen LogP contribution < -0.4 is 14.9 Å². The molecule has 0 radical (unpaired) electrons. The summed E-state index contributed by atoms with van der Waals surface area (Å²) < 4.78 is 11.3. The third kappa shape index (κ3) is 4.77. The summed E-state index contributed by atoms with van der Waals surface area (Å²) in [6.45, 7) is 0.569. The molecule has 2 N–H and O–H groups in total. The van der Waals surface area contributed by atoms with Crippen LogP contribution in [0.3, 0.4) is 0 Å². The highest BCUT2D eigenvalue weighted by molar-refractivity contribution is 6.35. The first kappa shape index (κ1) is 18.4. The monoisotopic (exact) mass is 368 g/mol. The predicted molar refractivity (Wildman–Crippen MR) is 96.5 cm³/mol. The second-order valence-electron chi connectivity index (χ2n) is 4.76. The lowest BCUT2D eigenvalue weighted by Gasteiger charge is -2.14. The minimum Gasteiger partial charge on any atom is -0.493 e. The molecule has 0 saturated carbocycles. The molecule has 24 heavy (non-hydrogen) atoms. The average Bonchev–Trinajstić information content (AvgIpc) is 2.59. The molecule has 7 heteroatoms. The zero-order chi connectivity index (χ0) is 17.4. The van der Waals surface area contributed by atoms with E-state index in [4.69, 9.17) is 37.8 Å². The van der Waals surface area contributed by atoms with Crippen molar-refractivity contribution in [2.45, 2.75) is 6.61 Å². The number of benzene rings is 2. The van der Waals surface area contributed by atoms with E-state index in [0.29, 0.717) is 33.7 Å². The summed E-state index contributed by atoms with van der Waals surface area (Å²) in [6, 6.07) is 10.8. The van der Waals surface area contributed by atoms with Gasteiger partial charge in [-0.25, -0.2) is 0 Å². The molecule has 0 saturated heterocycles. The largest absolute Gasteiger partial charge is 0.493 e. The summed E-state index contributed by atoms with van der Waals surface area (Å²) in [7, 11) is 1.57. The van der Waals surface area contributed by atoms with Crippen molar-refractivity contribution in [1.29, 1.82) is 0 Å². The maximum atomic E-state index is 8.76. The fourth-order valence-electron chi connectivity index (χ4n) is 1.99. The van der Waals surface area contributed by atoms with E-state index in [2.05, 4.69) is 10.5 Å². The highest BCUT2D eigenvalue weighted by Gasteiger charge is 2.12. The highest BCUT2D eigenvalue weighted by Crippen LogP contribution is 2.32. The Morgan fingerprint density at radius 2 is 1.88 bits per heavy atom. The van der Waals surface area contributed by atoms with Crippen LogP contribution in [-0.4, -0.2) is 31.6 Å². The van der Waals surface area contributed by atoms with Crippen molar-refractivity contribution in [3.8, 4) is 11.5 Å². The molecule has 0 atom stereocenters. The summed E-state index contributed by atoms with van der Waals surface area (Å²) in [6.07, 6.45) is 1.60. The van der Waals surface area contributed by atoms with Gasteiger partial charge in [-0.15, -0.1) is 0 Å². The molecular weight excluding hydrogens is 351 g/mol. The maximum Gasteiger partial charge on any atom is 0.170 e. The number of halogens is 2. The second kappa shape index (κ2) is 9.37. The zero-order valence-electron chi connectivity index (χ0n) is 13.1. The molecule has 5 nitrogen and oxygen atoms in total. The Kier molecular flexibility index (Phi) is 7.18. The molecule has 0 aliphatic rings. The average molecular weight is 369 g/mol. The van der Waals surface area contributed by atoms with Gasteiger partial charge in [-0.3, -0.25) is 0 Å². The summed E-state index contributed by atoms with van der Waals surface area (Å²) in [5, 5.41) is 13.9. The molecular formula is C17H18Cl2N2O3. The molecule has 2 aromatic carbocycles. The van der Waals surface area contributed by atoms with Crippen LogP contribution >= 0.6 is 23.2 Å². The van der Waals surface area contributed by atoms with Crippen molar-refractivity contribution >= 4 is 29.4 Å². The van der Waals surface area contributed by atoms with E-state index in [9.17, 15) is 0 Å². The lowest BCUT2D eigenvalue weighted by atomic mass is 10.2. The number of methoxy groups -OCH3 is 1. The number of aliphatic hydroxyl groups is 1. The minimum atomic E-state index is 0.00378. The first-order valence-electron chi connectivity index (χ1n) is 7.26. The van der Waals surface area contributed by atoms with Crippen molar-refractivity contribution in [1.82, 2.24) is 5.43 Å². The van der Waals surface area contributed by atoms with Gasteiger partial charge in [0.25, 0.3) is 0 Å². The Balaban J connectivity index is 2.22. The van der Waals surface area contributed by atoms with E-state index in [1.807, 2.05) is 12.1 Å². The van der Waals surface area contributed by atoms with Crippen molar-refractivity contribution in [3.63, 3.8) is 0 Å². The van der Waals surface area contributed by atoms with Gasteiger partial charge < -0.3 is 20.0 Å². The van der Waals surface area contributed by atoms with Crippen LogP contribution in [0, 0.1) is 0 Å². The Morgan fingerprint density at radius 1 is 1.17 bits per heavy atom. The standard InChI is InChI=1S/C17H18Cl2N2O3/c1-23-16-7-2-4-12(10-21-20-8-9-22)17(16)24-11-13-14(18)5-3-6-15(13)19/h2-7,10,20,22H,8-9,11H2,1H3. The Morgan fingerprint density at radius 3 is 2.54 bits per heavy atom. The van der Waals surface area contributed by atoms with Gasteiger partial charge in [0, 0.05) is 21.2 Å². The van der Waals surface area contributed by atoms with Crippen LogP contribution in [-0.2, 0) is 6.61 Å². The van der Waals surface area contributed by atoms with Crippen LogP contribution in [0.4, 0.5) is 0 Å². The summed E-state index contributed by atoms with van der Waals surface area (Å²) in [5.41, 5.74) is 4.15. The van der Waals surface area contributed by atoms with Crippen LogP contribution in [0.15, 0.2) is 41.5 Å². The van der Waals surface area contributed by atoms with Gasteiger partial charge >= 0.3 is 0 Å². The van der Waals surface area contributed by atoms with Gasteiger partial charge in [0.15, 0.2) is 11.5 Å². The van der Waals surface area contributed by atoms with Crippen molar-refractivity contribution in [3.05, 3.63) is 57.6 Å². The first-order chi connectivity index (χ1) is 11.7. The molecule has 0 heterocycles. The number of nitrogens with zero attached hydrogens (tertiary/aromatic N) is 1. The van der Waals surface area contributed by atoms with Gasteiger partial charge in [0.2, 0.25) is 0 Å². The lowest BCUT2D eigenvalue weighted by molar-refractivity contribution is 0.284. The minimum absolute atomic E-state index is 0.00378. The molecule has 0 aliphatic carbocycles.